The third kappa shape index (κ3) is 5.32. The fourth-order valence-electron chi connectivity index (χ4n) is 5.60. The number of rotatable bonds is 10. The van der Waals surface area contributed by atoms with Gasteiger partial charge in [0.15, 0.2) is 5.65 Å². The van der Waals surface area contributed by atoms with Gasteiger partial charge in [0.1, 0.15) is 30.3 Å². The maximum atomic E-state index is 13.0. The van der Waals surface area contributed by atoms with Gasteiger partial charge >= 0.3 is 6.03 Å². The van der Waals surface area contributed by atoms with Crippen LogP contribution in [0.1, 0.15) is 59.9 Å². The van der Waals surface area contributed by atoms with Crippen molar-refractivity contribution in [1.29, 1.82) is 0 Å². The third-order valence-electron chi connectivity index (χ3n) is 8.30. The molecule has 2 N–H and O–H groups in total. The summed E-state index contributed by atoms with van der Waals surface area (Å²) < 4.78 is 7.43. The summed E-state index contributed by atoms with van der Waals surface area (Å²) in [5.41, 5.74) is 3.80. The molecule has 4 amide bonds. The number of urea groups is 1. The minimum absolute atomic E-state index is 0.00448. The molecule has 1 saturated heterocycles. The number of imide groups is 1. The van der Waals surface area contributed by atoms with Gasteiger partial charge in [-0.05, 0) is 49.8 Å². The molecule has 7 rings (SSSR count). The Morgan fingerprint density at radius 1 is 1.11 bits per heavy atom. The van der Waals surface area contributed by atoms with E-state index < -0.39 is 6.04 Å². The average molecular weight is 597 g/mol. The quantitative estimate of drug-likeness (QED) is 0.261. The summed E-state index contributed by atoms with van der Waals surface area (Å²) in [5, 5.41) is 6.24. The molecule has 14 heteroatoms. The molecule has 3 aliphatic rings. The van der Waals surface area contributed by atoms with E-state index in [1.54, 1.807) is 19.4 Å². The lowest BCUT2D eigenvalue weighted by Gasteiger charge is -2.17. The molecule has 4 aromatic rings. The molecule has 0 bridgehead atoms. The van der Waals surface area contributed by atoms with E-state index >= 15 is 0 Å². The number of carbonyl (C=O) groups excluding carboxylic acids is 3. The van der Waals surface area contributed by atoms with Crippen molar-refractivity contribution in [2.24, 2.45) is 5.92 Å². The summed E-state index contributed by atoms with van der Waals surface area (Å²) in [6.07, 6.45) is 9.89. The van der Waals surface area contributed by atoms with Crippen LogP contribution in [0.15, 0.2) is 43.1 Å². The van der Waals surface area contributed by atoms with E-state index in [2.05, 4.69) is 30.6 Å². The van der Waals surface area contributed by atoms with Crippen molar-refractivity contribution in [3.05, 3.63) is 65.9 Å². The van der Waals surface area contributed by atoms with Crippen LogP contribution >= 0.6 is 0 Å². The molecule has 3 atom stereocenters. The number of ether oxygens (including phenoxy) is 1. The highest BCUT2D eigenvalue weighted by Gasteiger charge is 2.46. The molecule has 44 heavy (non-hydrogen) atoms. The van der Waals surface area contributed by atoms with Crippen molar-refractivity contribution >= 4 is 40.8 Å². The second kappa shape index (κ2) is 10.9. The largest absolute Gasteiger partial charge is 0.382 e. The second-order valence-electron chi connectivity index (χ2n) is 11.6. The van der Waals surface area contributed by atoms with Crippen molar-refractivity contribution in [1.82, 2.24) is 34.2 Å². The molecule has 0 aromatic carbocycles. The van der Waals surface area contributed by atoms with Crippen LogP contribution in [0.4, 0.5) is 22.1 Å². The van der Waals surface area contributed by atoms with Crippen LogP contribution in [0, 0.1) is 12.8 Å². The summed E-state index contributed by atoms with van der Waals surface area (Å²) in [6.45, 7) is 2.14. The number of hydrogen-bond acceptors (Lipinski definition) is 10. The predicted octanol–water partition coefficient (Wildman–Crippen LogP) is 3.04. The summed E-state index contributed by atoms with van der Waals surface area (Å²) in [6, 6.07) is 4.68. The summed E-state index contributed by atoms with van der Waals surface area (Å²) in [4.78, 5) is 63.1. The number of fused-ring (bicyclic) bond motifs is 1. The molecular formula is C30H32N10O4. The van der Waals surface area contributed by atoms with Crippen molar-refractivity contribution in [2.75, 3.05) is 42.8 Å². The first-order valence-corrected chi connectivity index (χ1v) is 14.6. The lowest BCUT2D eigenvalue weighted by Crippen LogP contribution is -2.30. The van der Waals surface area contributed by atoms with Crippen LogP contribution in [-0.2, 0) is 14.3 Å². The number of imidazole rings is 1. The lowest BCUT2D eigenvalue weighted by molar-refractivity contribution is -0.124. The van der Waals surface area contributed by atoms with E-state index in [9.17, 15) is 14.4 Å². The number of carbonyl (C=O) groups is 3. The topological polar surface area (TPSA) is 160 Å². The Morgan fingerprint density at radius 3 is 2.66 bits per heavy atom. The van der Waals surface area contributed by atoms with Gasteiger partial charge in [0, 0.05) is 56.3 Å². The fraction of sp³-hybridized carbons (Fsp3) is 0.400. The number of likely N-dealkylation sites (N-methyl/N-ethyl adjacent to an activating group) is 1. The minimum atomic E-state index is -0.416. The second-order valence-corrected chi connectivity index (χ2v) is 11.6. The van der Waals surface area contributed by atoms with Gasteiger partial charge in [0.05, 0.1) is 24.0 Å². The number of anilines is 3. The zero-order valence-corrected chi connectivity index (χ0v) is 24.6. The Kier molecular flexibility index (Phi) is 6.92. The molecule has 3 unspecified atom stereocenters. The first-order valence-electron chi connectivity index (χ1n) is 14.6. The number of nitrogens with one attached hydrogen (secondary N) is 2. The standard InChI is InChI=1S/C30H32N10O4/c1-16-6-7-31-27(34-16)19-9-20(19)29(42)37-25-10-24(32-15-33-25)35-22(14-44-3)21-12-39-11-18(17-4-5-17)8-23(28(39)36-21)40-13-26(41)38(2)30(40)43/h6-8,10-12,15,17,19-20,22H,4-5,9,13-14H2,1-3H3,(H2,32,33,35,37,42). The predicted molar refractivity (Wildman–Crippen MR) is 159 cm³/mol. The summed E-state index contributed by atoms with van der Waals surface area (Å²) >= 11 is 0. The van der Waals surface area contributed by atoms with Crippen LogP contribution in [0.25, 0.3) is 5.65 Å². The highest BCUT2D eigenvalue weighted by atomic mass is 16.5. The van der Waals surface area contributed by atoms with E-state index in [0.29, 0.717) is 46.8 Å². The van der Waals surface area contributed by atoms with E-state index in [4.69, 9.17) is 9.72 Å². The molecule has 4 aromatic heterocycles. The molecule has 226 valence electrons. The fourth-order valence-corrected chi connectivity index (χ4v) is 5.60. The number of amides is 4. The van der Waals surface area contributed by atoms with E-state index in [1.165, 1.54) is 18.3 Å². The van der Waals surface area contributed by atoms with Gasteiger partial charge in [0.2, 0.25) is 11.8 Å². The maximum absolute atomic E-state index is 13.0. The molecule has 3 fully saturated rings. The van der Waals surface area contributed by atoms with Crippen molar-refractivity contribution < 1.29 is 19.1 Å². The van der Waals surface area contributed by atoms with E-state index in [0.717, 1.165) is 29.0 Å². The Balaban J connectivity index is 1.11. The summed E-state index contributed by atoms with van der Waals surface area (Å²) in [5.74, 6) is 1.33. The lowest BCUT2D eigenvalue weighted by atomic mass is 10.1. The van der Waals surface area contributed by atoms with Crippen molar-refractivity contribution in [2.45, 2.75) is 44.1 Å². The molecule has 5 heterocycles. The Bertz CT molecular complexity index is 1790. The maximum Gasteiger partial charge on any atom is 0.331 e. The van der Waals surface area contributed by atoms with Crippen LogP contribution in [0.2, 0.25) is 0 Å². The third-order valence-corrected chi connectivity index (χ3v) is 8.30. The number of nitrogens with zero attached hydrogens (tertiary/aromatic N) is 8. The SMILES string of the molecule is COCC(Nc1cc(NC(=O)C2CC2c2nccc(C)n2)ncn1)c1cn2cc(C3CC3)cc(N3CC(=O)N(C)C3=O)c2n1. The molecule has 2 aliphatic carbocycles. The smallest absolute Gasteiger partial charge is 0.331 e. The summed E-state index contributed by atoms with van der Waals surface area (Å²) in [7, 11) is 3.09. The van der Waals surface area contributed by atoms with E-state index in [-0.39, 0.29) is 42.8 Å². The Hall–Kier alpha value is -4.98. The zero-order valence-electron chi connectivity index (χ0n) is 24.6. The van der Waals surface area contributed by atoms with Gasteiger partial charge in [0.25, 0.3) is 0 Å². The van der Waals surface area contributed by atoms with Crippen molar-refractivity contribution in [3.8, 4) is 0 Å². The minimum Gasteiger partial charge on any atom is -0.382 e. The van der Waals surface area contributed by atoms with Crippen LogP contribution in [0.5, 0.6) is 0 Å². The monoisotopic (exact) mass is 596 g/mol. The van der Waals surface area contributed by atoms with Gasteiger partial charge in [-0.25, -0.2) is 29.7 Å². The highest BCUT2D eigenvalue weighted by molar-refractivity contribution is 6.13. The van der Waals surface area contributed by atoms with Gasteiger partial charge in [-0.1, -0.05) is 0 Å². The van der Waals surface area contributed by atoms with Gasteiger partial charge < -0.3 is 19.8 Å². The first kappa shape index (κ1) is 27.8. The molecule has 14 nitrogen and oxygen atoms in total. The number of pyridine rings is 1. The average Bonchev–Trinajstić information content (AvgIpc) is 3.94. The normalized spacial score (nSPS) is 20.3. The highest BCUT2D eigenvalue weighted by Crippen LogP contribution is 2.46. The number of aromatic nitrogens is 6. The van der Waals surface area contributed by atoms with Crippen LogP contribution < -0.4 is 15.5 Å². The van der Waals surface area contributed by atoms with Gasteiger partial charge in [-0.15, -0.1) is 0 Å². The Labute approximate surface area is 252 Å². The van der Waals surface area contributed by atoms with Gasteiger partial charge in [-0.2, -0.15) is 0 Å². The molecular weight excluding hydrogens is 564 g/mol. The number of methoxy groups -OCH3 is 1. The molecule has 2 saturated carbocycles. The van der Waals surface area contributed by atoms with Crippen molar-refractivity contribution in [3.63, 3.8) is 0 Å². The number of aryl methyl sites for hydroxylation is 1. The molecule has 1 aliphatic heterocycles. The zero-order chi connectivity index (χ0) is 30.5. The molecule has 0 spiro atoms. The number of hydrogen-bond donors (Lipinski definition) is 2. The van der Waals surface area contributed by atoms with Crippen LogP contribution in [0.3, 0.4) is 0 Å². The Morgan fingerprint density at radius 2 is 1.93 bits per heavy atom. The van der Waals surface area contributed by atoms with Crippen LogP contribution in [-0.4, -0.2) is 79.4 Å². The first-order chi connectivity index (χ1) is 21.3. The molecule has 0 radical (unpaired) electrons. The van der Waals surface area contributed by atoms with Gasteiger partial charge in [-0.3, -0.25) is 19.4 Å². The van der Waals surface area contributed by atoms with E-state index in [1.807, 2.05) is 35.9 Å².